The second-order valence-electron chi connectivity index (χ2n) is 4.22. The van der Waals surface area contributed by atoms with Gasteiger partial charge in [0.2, 0.25) is 0 Å². The number of benzene rings is 2. The van der Waals surface area contributed by atoms with Gasteiger partial charge >= 0.3 is 0 Å². The lowest BCUT2D eigenvalue weighted by molar-refractivity contribution is 0.111. The van der Waals surface area contributed by atoms with Gasteiger partial charge in [-0.2, -0.15) is 0 Å². The summed E-state index contributed by atoms with van der Waals surface area (Å²) in [5.74, 6) is 0.370. The van der Waals surface area contributed by atoms with Crippen molar-refractivity contribution in [1.29, 1.82) is 0 Å². The third kappa shape index (κ3) is 3.13. The molecule has 2 rings (SSSR count). The number of aldehydes is 1. The van der Waals surface area contributed by atoms with Crippen LogP contribution < -0.4 is 14.2 Å². The third-order valence-corrected chi connectivity index (χ3v) is 2.99. The van der Waals surface area contributed by atoms with E-state index in [0.29, 0.717) is 23.2 Å². The van der Waals surface area contributed by atoms with E-state index in [-0.39, 0.29) is 18.1 Å². The van der Waals surface area contributed by atoms with Gasteiger partial charge in [-0.3, -0.25) is 4.79 Å². The van der Waals surface area contributed by atoms with E-state index in [4.69, 9.17) is 14.2 Å². The molecule has 0 fully saturated rings. The molecule has 0 radical (unpaired) electrons. The summed E-state index contributed by atoms with van der Waals surface area (Å²) >= 11 is 0. The Labute approximate surface area is 122 Å². The first-order valence-electron chi connectivity index (χ1n) is 6.27. The summed E-state index contributed by atoms with van der Waals surface area (Å²) in [6, 6.07) is 9.74. The summed E-state index contributed by atoms with van der Waals surface area (Å²) < 4.78 is 29.7. The molecular weight excluding hydrogens is 275 g/mol. The topological polar surface area (TPSA) is 44.8 Å². The van der Waals surface area contributed by atoms with E-state index in [1.807, 2.05) is 0 Å². The maximum absolute atomic E-state index is 14.0. The van der Waals surface area contributed by atoms with E-state index < -0.39 is 5.82 Å². The molecule has 0 bridgehead atoms. The van der Waals surface area contributed by atoms with Crippen LogP contribution in [0.3, 0.4) is 0 Å². The highest BCUT2D eigenvalue weighted by Crippen LogP contribution is 2.31. The number of hydrogen-bond donors (Lipinski definition) is 0. The van der Waals surface area contributed by atoms with Gasteiger partial charge in [0.25, 0.3) is 0 Å². The minimum Gasteiger partial charge on any atom is -0.494 e. The van der Waals surface area contributed by atoms with Gasteiger partial charge in [-0.15, -0.1) is 0 Å². The number of rotatable bonds is 6. The highest BCUT2D eigenvalue weighted by molar-refractivity contribution is 5.81. The van der Waals surface area contributed by atoms with Gasteiger partial charge in [0.1, 0.15) is 6.61 Å². The second kappa shape index (κ2) is 6.74. The van der Waals surface area contributed by atoms with Crippen LogP contribution in [-0.2, 0) is 6.61 Å². The van der Waals surface area contributed by atoms with Gasteiger partial charge < -0.3 is 14.2 Å². The lowest BCUT2D eigenvalue weighted by Gasteiger charge is -2.13. The molecule has 2 aromatic rings. The van der Waals surface area contributed by atoms with Gasteiger partial charge in [-0.05, 0) is 18.2 Å². The van der Waals surface area contributed by atoms with Crippen LogP contribution in [0, 0.1) is 5.82 Å². The molecule has 5 heteroatoms. The molecule has 21 heavy (non-hydrogen) atoms. The fourth-order valence-electron chi connectivity index (χ4n) is 1.92. The highest BCUT2D eigenvalue weighted by atomic mass is 19.1. The molecule has 0 aromatic heterocycles. The van der Waals surface area contributed by atoms with Crippen LogP contribution in [0.1, 0.15) is 15.9 Å². The summed E-state index contributed by atoms with van der Waals surface area (Å²) in [5.41, 5.74) is 0.676. The van der Waals surface area contributed by atoms with Crippen molar-refractivity contribution >= 4 is 6.29 Å². The predicted molar refractivity (Wildman–Crippen MR) is 75.7 cm³/mol. The Hall–Kier alpha value is -2.56. The fraction of sp³-hybridized carbons (Fsp3) is 0.188. The second-order valence-corrected chi connectivity index (χ2v) is 4.22. The minimum absolute atomic E-state index is 0.0375. The first kappa shape index (κ1) is 14.8. The quantitative estimate of drug-likeness (QED) is 0.766. The molecule has 0 aliphatic heterocycles. The van der Waals surface area contributed by atoms with Crippen LogP contribution in [0.2, 0.25) is 0 Å². The average Bonchev–Trinajstić information content (AvgIpc) is 2.53. The Balaban J connectivity index is 2.26. The van der Waals surface area contributed by atoms with Gasteiger partial charge in [-0.1, -0.05) is 18.2 Å². The maximum atomic E-state index is 14.0. The smallest absolute Gasteiger partial charge is 0.172 e. The van der Waals surface area contributed by atoms with Gasteiger partial charge in [-0.25, -0.2) is 4.39 Å². The zero-order chi connectivity index (χ0) is 15.2. The molecule has 0 N–H and O–H groups in total. The van der Waals surface area contributed by atoms with E-state index in [2.05, 4.69) is 0 Å². The lowest BCUT2D eigenvalue weighted by atomic mass is 10.2. The Morgan fingerprint density at radius 1 is 1.05 bits per heavy atom. The molecule has 0 aliphatic carbocycles. The Morgan fingerprint density at radius 3 is 2.38 bits per heavy atom. The molecular formula is C16H15FO4. The maximum Gasteiger partial charge on any atom is 0.172 e. The predicted octanol–water partition coefficient (Wildman–Crippen LogP) is 3.23. The number of hydrogen-bond acceptors (Lipinski definition) is 4. The SMILES string of the molecule is COc1cccc(COc2c(C=O)cccc2OC)c1F. The van der Waals surface area contributed by atoms with Crippen LogP contribution in [-0.4, -0.2) is 20.5 Å². The average molecular weight is 290 g/mol. The number of methoxy groups -OCH3 is 2. The van der Waals surface area contributed by atoms with E-state index in [1.165, 1.54) is 20.3 Å². The molecule has 0 saturated heterocycles. The van der Waals surface area contributed by atoms with E-state index in [9.17, 15) is 9.18 Å². The Morgan fingerprint density at radius 2 is 1.71 bits per heavy atom. The number of carbonyl (C=O) groups excluding carboxylic acids is 1. The normalized spacial score (nSPS) is 10.0. The van der Waals surface area contributed by atoms with Crippen molar-refractivity contribution in [3.8, 4) is 17.2 Å². The van der Waals surface area contributed by atoms with Crippen LogP contribution in [0.5, 0.6) is 17.2 Å². The van der Waals surface area contributed by atoms with Crippen LogP contribution in [0.15, 0.2) is 36.4 Å². The van der Waals surface area contributed by atoms with Crippen molar-refractivity contribution < 1.29 is 23.4 Å². The Bertz CT molecular complexity index is 640. The van der Waals surface area contributed by atoms with E-state index in [0.717, 1.165) is 0 Å². The summed E-state index contributed by atoms with van der Waals surface area (Å²) in [7, 11) is 2.87. The molecule has 0 saturated carbocycles. The van der Waals surface area contributed by atoms with Crippen molar-refractivity contribution in [3.63, 3.8) is 0 Å². The number of carbonyl (C=O) groups is 1. The van der Waals surface area contributed by atoms with Gasteiger partial charge in [0.05, 0.1) is 19.8 Å². The monoisotopic (exact) mass is 290 g/mol. The summed E-state index contributed by atoms with van der Waals surface area (Å²) in [5, 5.41) is 0. The van der Waals surface area contributed by atoms with E-state index in [1.54, 1.807) is 30.3 Å². The number of ether oxygens (including phenoxy) is 3. The summed E-state index contributed by atoms with van der Waals surface area (Å²) in [6.07, 6.45) is 0.666. The third-order valence-electron chi connectivity index (χ3n) is 2.99. The molecule has 110 valence electrons. The van der Waals surface area contributed by atoms with E-state index >= 15 is 0 Å². The molecule has 4 nitrogen and oxygen atoms in total. The molecule has 0 unspecified atom stereocenters. The van der Waals surface area contributed by atoms with Crippen LogP contribution in [0.25, 0.3) is 0 Å². The number of halogens is 1. The first-order valence-corrected chi connectivity index (χ1v) is 6.27. The minimum atomic E-state index is -0.484. The van der Waals surface area contributed by atoms with Crippen molar-refractivity contribution in [2.75, 3.05) is 14.2 Å². The molecule has 0 atom stereocenters. The lowest BCUT2D eigenvalue weighted by Crippen LogP contribution is -2.03. The van der Waals surface area contributed by atoms with Crippen molar-refractivity contribution in [2.45, 2.75) is 6.61 Å². The summed E-state index contributed by atoms with van der Waals surface area (Å²) in [6.45, 7) is -0.0375. The van der Waals surface area contributed by atoms with Crippen molar-refractivity contribution in [3.05, 3.63) is 53.3 Å². The standard InChI is InChI=1S/C16H15FO4/c1-19-13-7-4-6-12(15(13)17)10-21-16-11(9-18)5-3-8-14(16)20-2/h3-9H,10H2,1-2H3. The molecule has 0 heterocycles. The zero-order valence-electron chi connectivity index (χ0n) is 11.8. The summed E-state index contributed by atoms with van der Waals surface area (Å²) in [4.78, 5) is 11.0. The largest absolute Gasteiger partial charge is 0.494 e. The molecule has 0 spiro atoms. The van der Waals surface area contributed by atoms with Crippen LogP contribution >= 0.6 is 0 Å². The molecule has 0 amide bonds. The Kier molecular flexibility index (Phi) is 4.77. The van der Waals surface area contributed by atoms with Gasteiger partial charge in [0.15, 0.2) is 29.4 Å². The first-order chi connectivity index (χ1) is 10.2. The molecule has 2 aromatic carbocycles. The molecule has 0 aliphatic rings. The number of para-hydroxylation sites is 1. The van der Waals surface area contributed by atoms with Gasteiger partial charge in [0, 0.05) is 5.56 Å². The van der Waals surface area contributed by atoms with Crippen molar-refractivity contribution in [2.24, 2.45) is 0 Å². The van der Waals surface area contributed by atoms with Crippen LogP contribution in [0.4, 0.5) is 4.39 Å². The van der Waals surface area contributed by atoms with Crippen molar-refractivity contribution in [1.82, 2.24) is 0 Å². The zero-order valence-corrected chi connectivity index (χ0v) is 11.8. The fourth-order valence-corrected chi connectivity index (χ4v) is 1.92. The highest BCUT2D eigenvalue weighted by Gasteiger charge is 2.13.